The Labute approximate surface area is 103 Å². The van der Waals surface area contributed by atoms with Crippen LogP contribution in [0.2, 0.25) is 0 Å². The SMILES string of the molecule is COCC1CCN(C(=NC2CCCC2)NN)C1. The number of guanidine groups is 1. The number of ether oxygens (including phenoxy) is 1. The van der Waals surface area contributed by atoms with E-state index in [1.165, 1.54) is 32.1 Å². The summed E-state index contributed by atoms with van der Waals surface area (Å²) in [7, 11) is 1.76. The summed E-state index contributed by atoms with van der Waals surface area (Å²) < 4.78 is 5.20. The van der Waals surface area contributed by atoms with Crippen LogP contribution in [0, 0.1) is 5.92 Å². The van der Waals surface area contributed by atoms with Crippen molar-refractivity contribution >= 4 is 5.96 Å². The highest BCUT2D eigenvalue weighted by atomic mass is 16.5. The van der Waals surface area contributed by atoms with Crippen molar-refractivity contribution in [3.8, 4) is 0 Å². The van der Waals surface area contributed by atoms with Gasteiger partial charge in [-0.15, -0.1) is 0 Å². The van der Waals surface area contributed by atoms with Gasteiger partial charge in [-0.3, -0.25) is 5.43 Å². The molecule has 3 N–H and O–H groups in total. The molecule has 2 rings (SSSR count). The summed E-state index contributed by atoms with van der Waals surface area (Å²) in [5.41, 5.74) is 2.77. The molecule has 1 atom stereocenters. The number of nitrogens with two attached hydrogens (primary N) is 1. The average Bonchev–Trinajstić information content (AvgIpc) is 2.97. The van der Waals surface area contributed by atoms with Crippen LogP contribution in [0.1, 0.15) is 32.1 Å². The van der Waals surface area contributed by atoms with E-state index in [1.807, 2.05) is 0 Å². The van der Waals surface area contributed by atoms with Gasteiger partial charge in [0.25, 0.3) is 0 Å². The fraction of sp³-hybridized carbons (Fsp3) is 0.917. The maximum absolute atomic E-state index is 5.60. The monoisotopic (exact) mass is 240 g/mol. The Morgan fingerprint density at radius 1 is 1.41 bits per heavy atom. The molecule has 2 fully saturated rings. The van der Waals surface area contributed by atoms with E-state index in [0.717, 1.165) is 25.7 Å². The molecule has 17 heavy (non-hydrogen) atoms. The molecule has 0 aromatic heterocycles. The summed E-state index contributed by atoms with van der Waals surface area (Å²) in [5.74, 6) is 7.08. The van der Waals surface area contributed by atoms with E-state index in [-0.39, 0.29) is 0 Å². The van der Waals surface area contributed by atoms with Crippen molar-refractivity contribution < 1.29 is 4.74 Å². The lowest BCUT2D eigenvalue weighted by Crippen LogP contribution is -2.44. The highest BCUT2D eigenvalue weighted by molar-refractivity contribution is 5.79. The van der Waals surface area contributed by atoms with Crippen LogP contribution < -0.4 is 11.3 Å². The summed E-state index contributed by atoms with van der Waals surface area (Å²) in [4.78, 5) is 6.99. The first-order valence-electron chi connectivity index (χ1n) is 6.61. The molecule has 1 unspecified atom stereocenters. The highest BCUT2D eigenvalue weighted by Crippen LogP contribution is 2.22. The number of hydrazine groups is 1. The summed E-state index contributed by atoms with van der Waals surface area (Å²) in [6.45, 7) is 2.87. The molecule has 0 spiro atoms. The molecule has 1 heterocycles. The van der Waals surface area contributed by atoms with Crippen molar-refractivity contribution in [1.29, 1.82) is 0 Å². The van der Waals surface area contributed by atoms with Crippen LogP contribution >= 0.6 is 0 Å². The van der Waals surface area contributed by atoms with Crippen molar-refractivity contribution in [1.82, 2.24) is 10.3 Å². The highest BCUT2D eigenvalue weighted by Gasteiger charge is 2.25. The molecule has 98 valence electrons. The third kappa shape index (κ3) is 3.33. The normalized spacial score (nSPS) is 26.8. The number of nitrogens with zero attached hydrogens (tertiary/aromatic N) is 2. The maximum atomic E-state index is 5.60. The zero-order valence-electron chi connectivity index (χ0n) is 10.7. The Hall–Kier alpha value is -0.810. The number of hydrogen-bond acceptors (Lipinski definition) is 3. The van der Waals surface area contributed by atoms with Gasteiger partial charge < -0.3 is 9.64 Å². The summed E-state index contributed by atoms with van der Waals surface area (Å²) in [6, 6.07) is 0.475. The molecular weight excluding hydrogens is 216 g/mol. The second-order valence-corrected chi connectivity index (χ2v) is 5.09. The van der Waals surface area contributed by atoms with E-state index in [2.05, 4.69) is 10.3 Å². The largest absolute Gasteiger partial charge is 0.384 e. The predicted octanol–water partition coefficient (Wildman–Crippen LogP) is 0.717. The third-order valence-corrected chi connectivity index (χ3v) is 3.75. The minimum absolute atomic E-state index is 0.475. The van der Waals surface area contributed by atoms with Crippen molar-refractivity contribution in [2.24, 2.45) is 16.8 Å². The molecule has 0 aromatic rings. The quantitative estimate of drug-likeness (QED) is 0.330. The third-order valence-electron chi connectivity index (χ3n) is 3.75. The van der Waals surface area contributed by atoms with Crippen LogP contribution in [0.25, 0.3) is 0 Å². The van der Waals surface area contributed by atoms with Gasteiger partial charge >= 0.3 is 0 Å². The van der Waals surface area contributed by atoms with Crippen LogP contribution in [0.15, 0.2) is 4.99 Å². The van der Waals surface area contributed by atoms with Crippen molar-refractivity contribution in [3.63, 3.8) is 0 Å². The molecule has 0 aromatic carbocycles. The van der Waals surface area contributed by atoms with Crippen LogP contribution in [0.5, 0.6) is 0 Å². The lowest BCUT2D eigenvalue weighted by molar-refractivity contribution is 0.157. The molecule has 1 aliphatic heterocycles. The minimum Gasteiger partial charge on any atom is -0.384 e. The van der Waals surface area contributed by atoms with E-state index >= 15 is 0 Å². The van der Waals surface area contributed by atoms with E-state index in [1.54, 1.807) is 7.11 Å². The predicted molar refractivity (Wildman–Crippen MR) is 68.6 cm³/mol. The first kappa shape index (κ1) is 12.6. The van der Waals surface area contributed by atoms with E-state index in [0.29, 0.717) is 12.0 Å². The van der Waals surface area contributed by atoms with E-state index in [9.17, 15) is 0 Å². The molecule has 5 heteroatoms. The average molecular weight is 240 g/mol. The number of nitrogens with one attached hydrogen (secondary N) is 1. The van der Waals surface area contributed by atoms with E-state index in [4.69, 9.17) is 15.6 Å². The zero-order valence-corrected chi connectivity index (χ0v) is 10.7. The van der Waals surface area contributed by atoms with Gasteiger partial charge in [0.2, 0.25) is 5.96 Å². The molecule has 0 radical (unpaired) electrons. The van der Waals surface area contributed by atoms with Gasteiger partial charge in [0.1, 0.15) is 0 Å². The number of likely N-dealkylation sites (tertiary alicyclic amines) is 1. The number of methoxy groups -OCH3 is 1. The zero-order chi connectivity index (χ0) is 12.1. The standard InChI is InChI=1S/C12H24N4O/c1-17-9-10-6-7-16(8-10)12(15-13)14-11-4-2-3-5-11/h10-11H,2-9,13H2,1H3,(H,14,15). The van der Waals surface area contributed by atoms with Crippen LogP contribution in [0.3, 0.4) is 0 Å². The lowest BCUT2D eigenvalue weighted by Gasteiger charge is -2.21. The van der Waals surface area contributed by atoms with Gasteiger partial charge in [-0.05, 0) is 19.3 Å². The Kier molecular flexibility index (Phi) is 4.62. The van der Waals surface area contributed by atoms with Crippen LogP contribution in [0.4, 0.5) is 0 Å². The summed E-state index contributed by atoms with van der Waals surface area (Å²) in [5, 5.41) is 0. The molecule has 2 aliphatic rings. The topological polar surface area (TPSA) is 62.9 Å². The molecular formula is C12H24N4O. The lowest BCUT2D eigenvalue weighted by atomic mass is 10.1. The summed E-state index contributed by atoms with van der Waals surface area (Å²) in [6.07, 6.45) is 6.19. The minimum atomic E-state index is 0.475. The van der Waals surface area contributed by atoms with E-state index < -0.39 is 0 Å². The molecule has 1 aliphatic carbocycles. The molecule has 1 saturated carbocycles. The molecule has 0 bridgehead atoms. The van der Waals surface area contributed by atoms with Gasteiger partial charge in [-0.1, -0.05) is 12.8 Å². The van der Waals surface area contributed by atoms with Gasteiger partial charge in [0, 0.05) is 26.1 Å². The van der Waals surface area contributed by atoms with Crippen molar-refractivity contribution in [2.75, 3.05) is 26.8 Å². The maximum Gasteiger partial charge on any atom is 0.208 e. The Bertz CT molecular complexity index is 263. The Morgan fingerprint density at radius 2 is 2.18 bits per heavy atom. The fourth-order valence-corrected chi connectivity index (χ4v) is 2.81. The van der Waals surface area contributed by atoms with Crippen LogP contribution in [-0.4, -0.2) is 43.7 Å². The smallest absolute Gasteiger partial charge is 0.208 e. The van der Waals surface area contributed by atoms with Crippen molar-refractivity contribution in [2.45, 2.75) is 38.1 Å². The van der Waals surface area contributed by atoms with Gasteiger partial charge in [-0.25, -0.2) is 10.8 Å². The van der Waals surface area contributed by atoms with Crippen molar-refractivity contribution in [3.05, 3.63) is 0 Å². The molecule has 0 amide bonds. The fourth-order valence-electron chi connectivity index (χ4n) is 2.81. The second-order valence-electron chi connectivity index (χ2n) is 5.09. The number of aliphatic imine (C=N–C) groups is 1. The van der Waals surface area contributed by atoms with Gasteiger partial charge in [0.15, 0.2) is 0 Å². The van der Waals surface area contributed by atoms with Gasteiger partial charge in [-0.2, -0.15) is 0 Å². The van der Waals surface area contributed by atoms with Gasteiger partial charge in [0.05, 0.1) is 12.6 Å². The summed E-state index contributed by atoms with van der Waals surface area (Å²) >= 11 is 0. The first-order chi connectivity index (χ1) is 8.33. The Morgan fingerprint density at radius 3 is 2.82 bits per heavy atom. The first-order valence-corrected chi connectivity index (χ1v) is 6.61. The molecule has 1 saturated heterocycles. The number of hydrogen-bond donors (Lipinski definition) is 2. The molecule has 5 nitrogen and oxygen atoms in total. The number of rotatable bonds is 3. The second kappa shape index (κ2) is 6.21. The van der Waals surface area contributed by atoms with Crippen LogP contribution in [-0.2, 0) is 4.74 Å². The Balaban J connectivity index is 1.90.